The number of ether oxygens (including phenoxy) is 2. The number of nitro benzene ring substituents is 1. The number of aromatic nitrogens is 2. The smallest absolute Gasteiger partial charge is 0.270 e. The number of fused-ring (bicyclic) bond motifs is 1. The van der Waals surface area contributed by atoms with Gasteiger partial charge in [-0.15, -0.1) is 5.10 Å². The number of carbonyl (C=O) groups is 1. The Morgan fingerprint density at radius 2 is 2.40 bits per heavy atom. The molecule has 0 amide bonds. The number of rotatable bonds is 5. The van der Waals surface area contributed by atoms with Crippen molar-refractivity contribution in [2.24, 2.45) is 0 Å². The lowest BCUT2D eigenvalue weighted by atomic mass is 9.99. The van der Waals surface area contributed by atoms with Crippen molar-refractivity contribution in [2.75, 3.05) is 11.9 Å². The van der Waals surface area contributed by atoms with E-state index in [1.165, 1.54) is 35.7 Å². The largest absolute Gasteiger partial charge is 0.460 e. The molecule has 0 radical (unpaired) electrons. The Hall–Kier alpha value is -2.63. The number of Topliss-reactive ketones (excluding diaryl/α,β-unsaturated/α-hetero) is 1. The van der Waals surface area contributed by atoms with Gasteiger partial charge in [0.05, 0.1) is 16.1 Å². The molecule has 1 aliphatic rings. The first-order chi connectivity index (χ1) is 12.0. The Balaban J connectivity index is 1.97. The quantitative estimate of drug-likeness (QED) is 0.351. The summed E-state index contributed by atoms with van der Waals surface area (Å²) < 4.78 is 11.6. The molecule has 25 heavy (non-hydrogen) atoms. The lowest BCUT2D eigenvalue weighted by Gasteiger charge is -2.27. The zero-order valence-electron chi connectivity index (χ0n) is 12.8. The van der Waals surface area contributed by atoms with Gasteiger partial charge in [0.1, 0.15) is 5.75 Å². The number of benzene rings is 1. The zero-order valence-corrected chi connectivity index (χ0v) is 14.5. The first-order valence-electron chi connectivity index (χ1n) is 7.13. The fourth-order valence-electron chi connectivity index (χ4n) is 2.19. The van der Waals surface area contributed by atoms with Crippen molar-refractivity contribution in [3.8, 4) is 5.75 Å². The second kappa shape index (κ2) is 7.09. The summed E-state index contributed by atoms with van der Waals surface area (Å²) in [5.41, 5.74) is 0.0898. The molecule has 2 aromatic rings. The van der Waals surface area contributed by atoms with Gasteiger partial charge in [0.15, 0.2) is 3.95 Å². The van der Waals surface area contributed by atoms with Gasteiger partial charge in [-0.3, -0.25) is 20.0 Å². The molecule has 2 heterocycles. The molecule has 0 aliphatic carbocycles. The number of H-pyrrole nitrogens is 1. The lowest BCUT2D eigenvalue weighted by molar-refractivity contribution is -0.384. The average molecular weight is 380 g/mol. The highest BCUT2D eigenvalue weighted by Gasteiger charge is 2.33. The summed E-state index contributed by atoms with van der Waals surface area (Å²) in [7, 11) is 0. The third-order valence-electron chi connectivity index (χ3n) is 3.28. The fourth-order valence-corrected chi connectivity index (χ4v) is 2.95. The molecule has 3 rings (SSSR count). The van der Waals surface area contributed by atoms with Crippen molar-refractivity contribution >= 4 is 40.2 Å². The number of hydrogen-bond acceptors (Lipinski definition) is 9. The molecule has 1 atom stereocenters. The van der Waals surface area contributed by atoms with E-state index in [9.17, 15) is 14.9 Å². The van der Waals surface area contributed by atoms with Crippen LogP contribution in [0.2, 0.25) is 0 Å². The van der Waals surface area contributed by atoms with Gasteiger partial charge in [0.2, 0.25) is 17.2 Å². The molecule has 9 nitrogen and oxygen atoms in total. The topological polar surface area (TPSA) is 119 Å². The van der Waals surface area contributed by atoms with E-state index in [4.69, 9.17) is 21.7 Å². The first-order valence-corrected chi connectivity index (χ1v) is 8.35. The van der Waals surface area contributed by atoms with Gasteiger partial charge in [0, 0.05) is 24.9 Å². The van der Waals surface area contributed by atoms with Gasteiger partial charge in [-0.25, -0.2) is 0 Å². The van der Waals surface area contributed by atoms with E-state index < -0.39 is 17.0 Å². The van der Waals surface area contributed by atoms with Crippen molar-refractivity contribution in [1.82, 2.24) is 10.2 Å². The van der Waals surface area contributed by atoms with Crippen LogP contribution in [0.1, 0.15) is 17.3 Å². The number of anilines is 1. The third kappa shape index (κ3) is 3.57. The van der Waals surface area contributed by atoms with E-state index in [0.29, 0.717) is 15.7 Å². The van der Waals surface area contributed by atoms with Crippen LogP contribution in [0.5, 0.6) is 5.75 Å². The Kier molecular flexibility index (Phi) is 4.88. The zero-order chi connectivity index (χ0) is 18.0. The summed E-state index contributed by atoms with van der Waals surface area (Å²) in [5, 5.41) is 20.8. The Morgan fingerprint density at radius 1 is 1.60 bits per heavy atom. The second-order valence-corrected chi connectivity index (χ2v) is 6.50. The number of hydrogen-bond donors (Lipinski definition) is 2. The number of nitrogens with one attached hydrogen (secondary N) is 2. The van der Waals surface area contributed by atoms with Gasteiger partial charge in [-0.05, 0) is 25.2 Å². The molecular formula is C14H12N4O5S2. The van der Waals surface area contributed by atoms with Crippen LogP contribution < -0.4 is 10.1 Å². The highest BCUT2D eigenvalue weighted by Crippen LogP contribution is 2.33. The predicted octanol–water partition coefficient (Wildman–Crippen LogP) is 3.04. The van der Waals surface area contributed by atoms with Gasteiger partial charge in [0.25, 0.3) is 5.69 Å². The van der Waals surface area contributed by atoms with Crippen molar-refractivity contribution in [3.05, 3.63) is 49.6 Å². The SMILES string of the molecule is CCO[C@H]1Oc2ccc([N+](=O)[O-])cc2C(=O)/C1=C/Nc1n[nH]c(=S)s1. The maximum absolute atomic E-state index is 12.8. The molecule has 0 saturated heterocycles. The number of nitrogens with zero attached hydrogens (tertiary/aromatic N) is 2. The van der Waals surface area contributed by atoms with E-state index in [1.807, 2.05) is 0 Å². The standard InChI is InChI=1S/C14H12N4O5S2/c1-2-22-12-9(6-15-13-16-17-14(24)25-13)11(19)8-5-7(18(20)21)3-4-10(8)23-12/h3-6,12H,2H2,1H3,(H,15,16)(H,17,24)/b9-6-/t12-/m0/s1. The molecule has 0 spiro atoms. The van der Waals surface area contributed by atoms with Crippen LogP contribution in [0.3, 0.4) is 0 Å². The molecule has 1 aromatic heterocycles. The molecule has 1 aliphatic heterocycles. The van der Waals surface area contributed by atoms with Crippen LogP contribution in [-0.2, 0) is 4.74 Å². The average Bonchev–Trinajstić information content (AvgIpc) is 3.00. The van der Waals surface area contributed by atoms with Crippen molar-refractivity contribution in [1.29, 1.82) is 0 Å². The van der Waals surface area contributed by atoms with Crippen LogP contribution in [0.25, 0.3) is 0 Å². The van der Waals surface area contributed by atoms with Crippen LogP contribution in [0, 0.1) is 14.1 Å². The van der Waals surface area contributed by atoms with Gasteiger partial charge in [-0.1, -0.05) is 11.3 Å². The molecule has 130 valence electrons. The highest BCUT2D eigenvalue weighted by atomic mass is 32.1. The minimum absolute atomic E-state index is 0.105. The van der Waals surface area contributed by atoms with Crippen LogP contribution in [-0.4, -0.2) is 33.8 Å². The first kappa shape index (κ1) is 17.2. The minimum atomic E-state index is -0.925. The summed E-state index contributed by atoms with van der Waals surface area (Å²) in [4.78, 5) is 23.1. The molecular weight excluding hydrogens is 368 g/mol. The maximum atomic E-state index is 12.8. The lowest BCUT2D eigenvalue weighted by Crippen LogP contribution is -2.33. The molecule has 11 heteroatoms. The van der Waals surface area contributed by atoms with E-state index in [2.05, 4.69) is 15.5 Å². The summed E-state index contributed by atoms with van der Waals surface area (Å²) in [6.45, 7) is 2.09. The Labute approximate surface area is 150 Å². The fraction of sp³-hybridized carbons (Fsp3) is 0.214. The molecule has 0 unspecified atom stereocenters. The van der Waals surface area contributed by atoms with Crippen LogP contribution in [0.4, 0.5) is 10.8 Å². The highest BCUT2D eigenvalue weighted by molar-refractivity contribution is 7.73. The predicted molar refractivity (Wildman–Crippen MR) is 92.5 cm³/mol. The summed E-state index contributed by atoms with van der Waals surface area (Å²) in [6, 6.07) is 3.85. The Bertz CT molecular complexity index is 920. The van der Waals surface area contributed by atoms with E-state index in [1.54, 1.807) is 6.92 Å². The number of aromatic amines is 1. The Morgan fingerprint density at radius 3 is 3.04 bits per heavy atom. The van der Waals surface area contributed by atoms with Crippen molar-refractivity contribution < 1.29 is 19.2 Å². The second-order valence-electron chi connectivity index (χ2n) is 4.83. The van der Waals surface area contributed by atoms with E-state index in [-0.39, 0.29) is 22.6 Å². The van der Waals surface area contributed by atoms with E-state index >= 15 is 0 Å². The summed E-state index contributed by atoms with van der Waals surface area (Å²) >= 11 is 6.14. The molecule has 0 fully saturated rings. The molecule has 0 bridgehead atoms. The maximum Gasteiger partial charge on any atom is 0.270 e. The summed E-state index contributed by atoms with van der Waals surface area (Å²) in [5.74, 6) is -0.184. The summed E-state index contributed by atoms with van der Waals surface area (Å²) in [6.07, 6.45) is 0.483. The monoisotopic (exact) mass is 380 g/mol. The van der Waals surface area contributed by atoms with E-state index in [0.717, 1.165) is 0 Å². The normalized spacial score (nSPS) is 17.9. The number of nitro groups is 1. The minimum Gasteiger partial charge on any atom is -0.460 e. The van der Waals surface area contributed by atoms with Gasteiger partial charge >= 0.3 is 0 Å². The third-order valence-corrected chi connectivity index (χ3v) is 4.30. The molecule has 0 saturated carbocycles. The van der Waals surface area contributed by atoms with Crippen molar-refractivity contribution in [2.45, 2.75) is 13.2 Å². The van der Waals surface area contributed by atoms with Crippen LogP contribution in [0.15, 0.2) is 30.0 Å². The number of carbonyl (C=O) groups excluding carboxylic acids is 1. The molecule has 2 N–H and O–H groups in total. The number of non-ortho nitro benzene ring substituents is 1. The molecule has 1 aromatic carbocycles. The number of ketones is 1. The van der Waals surface area contributed by atoms with Gasteiger partial charge < -0.3 is 14.8 Å². The van der Waals surface area contributed by atoms with Gasteiger partial charge in [-0.2, -0.15) is 0 Å². The van der Waals surface area contributed by atoms with Crippen molar-refractivity contribution in [3.63, 3.8) is 0 Å². The van der Waals surface area contributed by atoms with Crippen LogP contribution >= 0.6 is 23.6 Å².